The predicted molar refractivity (Wildman–Crippen MR) is 75.6 cm³/mol. The van der Waals surface area contributed by atoms with Gasteiger partial charge in [0.25, 0.3) is 0 Å². The van der Waals surface area contributed by atoms with Gasteiger partial charge in [-0.3, -0.25) is 4.98 Å². The van der Waals surface area contributed by atoms with Crippen molar-refractivity contribution >= 4 is 15.7 Å². The van der Waals surface area contributed by atoms with Gasteiger partial charge in [0.15, 0.2) is 0 Å². The van der Waals surface area contributed by atoms with E-state index in [1.54, 1.807) is 16.6 Å². The molecule has 5 nitrogen and oxygen atoms in total. The van der Waals surface area contributed by atoms with Gasteiger partial charge in [-0.2, -0.15) is 4.31 Å². The van der Waals surface area contributed by atoms with Crippen molar-refractivity contribution in [3.05, 3.63) is 18.5 Å². The second kappa shape index (κ2) is 5.09. The molecule has 1 aliphatic rings. The number of anilines is 1. The third-order valence-corrected chi connectivity index (χ3v) is 5.28. The Kier molecular flexibility index (Phi) is 3.82. The minimum absolute atomic E-state index is 0.0492. The van der Waals surface area contributed by atoms with Gasteiger partial charge in [0.2, 0.25) is 10.0 Å². The van der Waals surface area contributed by atoms with Crippen LogP contribution in [0.2, 0.25) is 0 Å². The van der Waals surface area contributed by atoms with Crippen LogP contribution in [0.1, 0.15) is 27.2 Å². The fourth-order valence-electron chi connectivity index (χ4n) is 2.33. The van der Waals surface area contributed by atoms with Crippen LogP contribution in [-0.2, 0) is 10.0 Å². The summed E-state index contributed by atoms with van der Waals surface area (Å²) in [6.07, 6.45) is 3.92. The Balaban J connectivity index is 2.35. The number of nitrogens with one attached hydrogen (secondary N) is 1. The standard InChI is InChI=1S/C13H21N3O2S/c1-4-15-11-5-7-14-9-12(11)19(17,18)16-8-6-13(2,3)10-16/h5,7,9H,4,6,8,10H2,1-3H3,(H,14,15). The minimum Gasteiger partial charge on any atom is -0.384 e. The summed E-state index contributed by atoms with van der Waals surface area (Å²) in [5, 5.41) is 3.08. The molecule has 2 heterocycles. The fraction of sp³-hybridized carbons (Fsp3) is 0.615. The lowest BCUT2D eigenvalue weighted by Crippen LogP contribution is -2.31. The van der Waals surface area contributed by atoms with Gasteiger partial charge >= 0.3 is 0 Å². The highest BCUT2D eigenvalue weighted by molar-refractivity contribution is 7.89. The van der Waals surface area contributed by atoms with Crippen molar-refractivity contribution in [3.8, 4) is 0 Å². The van der Waals surface area contributed by atoms with Gasteiger partial charge in [-0.25, -0.2) is 8.42 Å². The van der Waals surface area contributed by atoms with Crippen molar-refractivity contribution in [3.63, 3.8) is 0 Å². The van der Waals surface area contributed by atoms with Gasteiger partial charge in [-0.15, -0.1) is 0 Å². The lowest BCUT2D eigenvalue weighted by atomic mass is 9.93. The first kappa shape index (κ1) is 14.3. The molecular formula is C13H21N3O2S. The van der Waals surface area contributed by atoms with Crippen molar-refractivity contribution in [1.82, 2.24) is 9.29 Å². The number of hydrogen-bond acceptors (Lipinski definition) is 4. The maximum atomic E-state index is 12.7. The van der Waals surface area contributed by atoms with E-state index >= 15 is 0 Å². The normalized spacial score (nSPS) is 19.5. The Hall–Kier alpha value is -1.14. The lowest BCUT2D eigenvalue weighted by Gasteiger charge is -2.21. The van der Waals surface area contributed by atoms with Crippen LogP contribution in [0.5, 0.6) is 0 Å². The average Bonchev–Trinajstić information content (AvgIpc) is 2.71. The SMILES string of the molecule is CCNc1ccncc1S(=O)(=O)N1CCC(C)(C)C1. The van der Waals surface area contributed by atoms with E-state index < -0.39 is 10.0 Å². The Morgan fingerprint density at radius 2 is 2.21 bits per heavy atom. The molecule has 0 radical (unpaired) electrons. The molecule has 2 rings (SSSR count). The number of pyridine rings is 1. The van der Waals surface area contributed by atoms with Gasteiger partial charge in [0.1, 0.15) is 4.90 Å². The molecule has 0 amide bonds. The molecule has 6 heteroatoms. The van der Waals surface area contributed by atoms with E-state index in [-0.39, 0.29) is 10.3 Å². The molecule has 106 valence electrons. The van der Waals surface area contributed by atoms with Crippen LogP contribution in [0.25, 0.3) is 0 Å². The summed E-state index contributed by atoms with van der Waals surface area (Å²) in [5.41, 5.74) is 0.676. The molecule has 1 fully saturated rings. The summed E-state index contributed by atoms with van der Waals surface area (Å²) in [4.78, 5) is 4.23. The van der Waals surface area contributed by atoms with Crippen LogP contribution in [0.3, 0.4) is 0 Å². The van der Waals surface area contributed by atoms with Gasteiger partial charge < -0.3 is 5.32 Å². The Labute approximate surface area is 115 Å². The summed E-state index contributed by atoms with van der Waals surface area (Å²) in [6.45, 7) is 7.95. The van der Waals surface area contributed by atoms with E-state index in [2.05, 4.69) is 24.1 Å². The second-order valence-electron chi connectivity index (χ2n) is 5.65. The number of nitrogens with zero attached hydrogens (tertiary/aromatic N) is 2. The van der Waals surface area contributed by atoms with E-state index in [4.69, 9.17) is 0 Å². The first-order valence-corrected chi connectivity index (χ1v) is 7.99. The molecule has 0 atom stereocenters. The maximum absolute atomic E-state index is 12.7. The third-order valence-electron chi connectivity index (χ3n) is 3.41. The molecule has 1 aromatic rings. The van der Waals surface area contributed by atoms with Crippen LogP contribution < -0.4 is 5.32 Å². The highest BCUT2D eigenvalue weighted by Gasteiger charge is 2.37. The zero-order valence-corrected chi connectivity index (χ0v) is 12.5. The molecule has 0 aliphatic carbocycles. The van der Waals surface area contributed by atoms with Crippen molar-refractivity contribution < 1.29 is 8.42 Å². The third kappa shape index (κ3) is 2.90. The predicted octanol–water partition coefficient (Wildman–Crippen LogP) is 1.93. The monoisotopic (exact) mass is 283 g/mol. The van der Waals surface area contributed by atoms with Crippen molar-refractivity contribution in [2.24, 2.45) is 5.41 Å². The summed E-state index contributed by atoms with van der Waals surface area (Å²) >= 11 is 0. The van der Waals surface area contributed by atoms with E-state index in [9.17, 15) is 8.42 Å². The molecule has 1 aliphatic heterocycles. The molecule has 0 saturated carbocycles. The van der Waals surface area contributed by atoms with E-state index in [1.807, 2.05) is 6.92 Å². The number of sulfonamides is 1. The van der Waals surface area contributed by atoms with E-state index in [1.165, 1.54) is 6.20 Å². The molecule has 0 bridgehead atoms. The van der Waals surface area contributed by atoms with Gasteiger partial charge in [-0.05, 0) is 24.8 Å². The summed E-state index contributed by atoms with van der Waals surface area (Å²) < 4.78 is 26.9. The highest BCUT2D eigenvalue weighted by Crippen LogP contribution is 2.34. The zero-order chi connectivity index (χ0) is 14.1. The minimum atomic E-state index is -3.45. The van der Waals surface area contributed by atoms with Gasteiger partial charge in [0, 0.05) is 32.0 Å². The van der Waals surface area contributed by atoms with Gasteiger partial charge in [-0.1, -0.05) is 13.8 Å². The second-order valence-corrected chi connectivity index (χ2v) is 7.56. The summed E-state index contributed by atoms with van der Waals surface area (Å²) in [7, 11) is -3.45. The molecule has 1 saturated heterocycles. The summed E-state index contributed by atoms with van der Waals surface area (Å²) in [5.74, 6) is 0. The van der Waals surface area contributed by atoms with E-state index in [0.717, 1.165) is 6.42 Å². The average molecular weight is 283 g/mol. The van der Waals surface area contributed by atoms with Gasteiger partial charge in [0.05, 0.1) is 5.69 Å². The van der Waals surface area contributed by atoms with Crippen LogP contribution in [0, 0.1) is 5.41 Å². The highest BCUT2D eigenvalue weighted by atomic mass is 32.2. The molecule has 1 N–H and O–H groups in total. The van der Waals surface area contributed by atoms with E-state index in [0.29, 0.717) is 25.3 Å². The molecule has 19 heavy (non-hydrogen) atoms. The fourth-order valence-corrected chi connectivity index (χ4v) is 4.07. The smallest absolute Gasteiger partial charge is 0.246 e. The Morgan fingerprint density at radius 1 is 1.47 bits per heavy atom. The summed E-state index contributed by atoms with van der Waals surface area (Å²) in [6, 6.07) is 1.71. The topological polar surface area (TPSA) is 62.3 Å². The van der Waals surface area contributed by atoms with Crippen LogP contribution in [-0.4, -0.2) is 37.3 Å². The van der Waals surface area contributed by atoms with Crippen LogP contribution in [0.15, 0.2) is 23.4 Å². The number of aromatic nitrogens is 1. The molecule has 0 unspecified atom stereocenters. The van der Waals surface area contributed by atoms with Crippen molar-refractivity contribution in [2.75, 3.05) is 25.0 Å². The lowest BCUT2D eigenvalue weighted by molar-refractivity contribution is 0.375. The quantitative estimate of drug-likeness (QED) is 0.917. The molecule has 0 spiro atoms. The van der Waals surface area contributed by atoms with Crippen LogP contribution >= 0.6 is 0 Å². The molecular weight excluding hydrogens is 262 g/mol. The number of rotatable bonds is 4. The molecule has 0 aromatic carbocycles. The number of hydrogen-bond donors (Lipinski definition) is 1. The largest absolute Gasteiger partial charge is 0.384 e. The zero-order valence-electron chi connectivity index (χ0n) is 11.7. The Morgan fingerprint density at radius 3 is 2.79 bits per heavy atom. The first-order chi connectivity index (χ1) is 8.87. The Bertz CT molecular complexity index is 555. The molecule has 1 aromatic heterocycles. The first-order valence-electron chi connectivity index (χ1n) is 6.55. The maximum Gasteiger partial charge on any atom is 0.246 e. The van der Waals surface area contributed by atoms with Crippen LogP contribution in [0.4, 0.5) is 5.69 Å². The van der Waals surface area contributed by atoms with Crippen molar-refractivity contribution in [1.29, 1.82) is 0 Å². The van der Waals surface area contributed by atoms with Crippen molar-refractivity contribution in [2.45, 2.75) is 32.1 Å².